The second-order valence-corrected chi connectivity index (χ2v) is 4.60. The van der Waals surface area contributed by atoms with Crippen molar-refractivity contribution in [1.29, 1.82) is 0 Å². The molecule has 2 N–H and O–H groups in total. The van der Waals surface area contributed by atoms with E-state index in [2.05, 4.69) is 4.90 Å². The Bertz CT molecular complexity index is 373. The van der Waals surface area contributed by atoms with Gasteiger partial charge in [-0.1, -0.05) is 23.7 Å². The van der Waals surface area contributed by atoms with Crippen molar-refractivity contribution in [2.24, 2.45) is 5.73 Å². The van der Waals surface area contributed by atoms with Crippen LogP contribution in [0.4, 0.5) is 0 Å². The van der Waals surface area contributed by atoms with E-state index < -0.39 is 0 Å². The molecule has 1 aromatic carbocycles. The molecular weight excluding hydrogens is 224 g/mol. The molecule has 1 heterocycles. The highest BCUT2D eigenvalue weighted by atomic mass is 35.5. The van der Waals surface area contributed by atoms with E-state index in [1.54, 1.807) is 12.1 Å². The SMILES string of the molecule is NC(=O)[C@H](CN1CCC1)c1ccc(Cl)cc1. The number of benzene rings is 1. The Hall–Kier alpha value is -1.06. The average Bonchev–Trinajstić information content (AvgIpc) is 2.18. The first-order chi connectivity index (χ1) is 7.66. The van der Waals surface area contributed by atoms with Crippen molar-refractivity contribution in [3.8, 4) is 0 Å². The van der Waals surface area contributed by atoms with E-state index >= 15 is 0 Å². The summed E-state index contributed by atoms with van der Waals surface area (Å²) in [4.78, 5) is 13.7. The van der Waals surface area contributed by atoms with Crippen molar-refractivity contribution in [2.45, 2.75) is 12.3 Å². The Balaban J connectivity index is 2.11. The summed E-state index contributed by atoms with van der Waals surface area (Å²) in [5.74, 6) is -0.494. The first-order valence-corrected chi connectivity index (χ1v) is 5.82. The molecule has 16 heavy (non-hydrogen) atoms. The summed E-state index contributed by atoms with van der Waals surface area (Å²) in [6.07, 6.45) is 1.21. The summed E-state index contributed by atoms with van der Waals surface area (Å²) in [6.45, 7) is 2.85. The van der Waals surface area contributed by atoms with Crippen LogP contribution in [0, 0.1) is 0 Å². The number of amides is 1. The molecule has 1 saturated heterocycles. The van der Waals surface area contributed by atoms with Crippen LogP contribution in [0.25, 0.3) is 0 Å². The molecule has 1 fully saturated rings. The summed E-state index contributed by atoms with van der Waals surface area (Å²) in [6, 6.07) is 7.33. The fraction of sp³-hybridized carbons (Fsp3) is 0.417. The van der Waals surface area contributed by atoms with Gasteiger partial charge in [0.05, 0.1) is 5.92 Å². The number of rotatable bonds is 4. The van der Waals surface area contributed by atoms with Gasteiger partial charge in [0.1, 0.15) is 0 Å². The van der Waals surface area contributed by atoms with Gasteiger partial charge in [-0.2, -0.15) is 0 Å². The number of primary amides is 1. The highest BCUT2D eigenvalue weighted by Gasteiger charge is 2.24. The van der Waals surface area contributed by atoms with Crippen molar-refractivity contribution < 1.29 is 4.79 Å². The van der Waals surface area contributed by atoms with E-state index in [1.807, 2.05) is 12.1 Å². The molecule has 0 spiro atoms. The molecule has 0 saturated carbocycles. The van der Waals surface area contributed by atoms with E-state index in [9.17, 15) is 4.79 Å². The Morgan fingerprint density at radius 1 is 1.38 bits per heavy atom. The van der Waals surface area contributed by atoms with Gasteiger partial charge in [-0.15, -0.1) is 0 Å². The van der Waals surface area contributed by atoms with Crippen molar-refractivity contribution in [2.75, 3.05) is 19.6 Å². The molecule has 1 aliphatic heterocycles. The fourth-order valence-corrected chi connectivity index (χ4v) is 2.00. The van der Waals surface area contributed by atoms with Gasteiger partial charge in [0.15, 0.2) is 0 Å². The lowest BCUT2D eigenvalue weighted by atomic mass is 9.96. The largest absolute Gasteiger partial charge is 0.369 e. The third-order valence-corrected chi connectivity index (χ3v) is 3.26. The minimum absolute atomic E-state index is 0.224. The van der Waals surface area contributed by atoms with Crippen LogP contribution in [0.3, 0.4) is 0 Å². The predicted octanol–water partition coefficient (Wildman–Crippen LogP) is 1.61. The van der Waals surface area contributed by atoms with Crippen molar-refractivity contribution in [3.05, 3.63) is 34.9 Å². The molecule has 0 unspecified atom stereocenters. The van der Waals surface area contributed by atoms with Gasteiger partial charge < -0.3 is 10.6 Å². The monoisotopic (exact) mass is 238 g/mol. The summed E-state index contributed by atoms with van der Waals surface area (Å²) in [5.41, 5.74) is 6.38. The van der Waals surface area contributed by atoms with Crippen LogP contribution < -0.4 is 5.73 Å². The van der Waals surface area contributed by atoms with Crippen LogP contribution >= 0.6 is 11.6 Å². The number of hydrogen-bond acceptors (Lipinski definition) is 2. The number of nitrogens with zero attached hydrogens (tertiary/aromatic N) is 1. The van der Waals surface area contributed by atoms with Gasteiger partial charge in [0.25, 0.3) is 0 Å². The zero-order valence-corrected chi connectivity index (χ0v) is 9.78. The molecular formula is C12H15ClN2O. The number of likely N-dealkylation sites (tertiary alicyclic amines) is 1. The second kappa shape index (κ2) is 4.85. The van der Waals surface area contributed by atoms with E-state index in [-0.39, 0.29) is 11.8 Å². The topological polar surface area (TPSA) is 46.3 Å². The number of halogens is 1. The number of nitrogens with two attached hydrogens (primary N) is 1. The molecule has 1 aromatic rings. The van der Waals surface area contributed by atoms with Crippen molar-refractivity contribution in [1.82, 2.24) is 4.90 Å². The Labute approximate surface area is 100 Å². The van der Waals surface area contributed by atoms with Gasteiger partial charge in [0.2, 0.25) is 5.91 Å². The highest BCUT2D eigenvalue weighted by Crippen LogP contribution is 2.21. The average molecular weight is 239 g/mol. The first kappa shape index (κ1) is 11.4. The maximum absolute atomic E-state index is 11.4. The van der Waals surface area contributed by atoms with Crippen LogP contribution in [0.15, 0.2) is 24.3 Å². The number of carbonyl (C=O) groups excluding carboxylic acids is 1. The molecule has 2 rings (SSSR count). The summed E-state index contributed by atoms with van der Waals surface area (Å²) in [7, 11) is 0. The highest BCUT2D eigenvalue weighted by molar-refractivity contribution is 6.30. The van der Waals surface area contributed by atoms with Crippen LogP contribution in [-0.2, 0) is 4.79 Å². The zero-order valence-electron chi connectivity index (χ0n) is 9.03. The van der Waals surface area contributed by atoms with Crippen LogP contribution in [0.1, 0.15) is 17.9 Å². The summed E-state index contributed by atoms with van der Waals surface area (Å²) >= 11 is 5.81. The molecule has 3 nitrogen and oxygen atoms in total. The van der Waals surface area contributed by atoms with E-state index in [0.717, 1.165) is 25.2 Å². The van der Waals surface area contributed by atoms with E-state index in [4.69, 9.17) is 17.3 Å². The smallest absolute Gasteiger partial charge is 0.226 e. The Morgan fingerprint density at radius 3 is 2.44 bits per heavy atom. The van der Waals surface area contributed by atoms with Gasteiger partial charge in [-0.3, -0.25) is 4.79 Å². The minimum atomic E-state index is -0.269. The summed E-state index contributed by atoms with van der Waals surface area (Å²) in [5, 5.41) is 0.677. The zero-order chi connectivity index (χ0) is 11.5. The Kier molecular flexibility index (Phi) is 3.46. The lowest BCUT2D eigenvalue weighted by molar-refractivity contribution is -0.120. The van der Waals surface area contributed by atoms with Crippen molar-refractivity contribution in [3.63, 3.8) is 0 Å². The van der Waals surface area contributed by atoms with Gasteiger partial charge in [-0.05, 0) is 37.2 Å². The van der Waals surface area contributed by atoms with Crippen LogP contribution in [-0.4, -0.2) is 30.4 Å². The second-order valence-electron chi connectivity index (χ2n) is 4.16. The Morgan fingerprint density at radius 2 is 2.00 bits per heavy atom. The quantitative estimate of drug-likeness (QED) is 0.867. The molecule has 1 amide bonds. The number of carbonyl (C=O) groups is 1. The van der Waals surface area contributed by atoms with Crippen LogP contribution in [0.2, 0.25) is 5.02 Å². The lowest BCUT2D eigenvalue weighted by Crippen LogP contribution is -2.42. The van der Waals surface area contributed by atoms with Gasteiger partial charge in [0, 0.05) is 11.6 Å². The van der Waals surface area contributed by atoms with Gasteiger partial charge >= 0.3 is 0 Å². The van der Waals surface area contributed by atoms with Crippen molar-refractivity contribution >= 4 is 17.5 Å². The molecule has 0 aromatic heterocycles. The predicted molar refractivity (Wildman–Crippen MR) is 64.4 cm³/mol. The van der Waals surface area contributed by atoms with Gasteiger partial charge in [-0.25, -0.2) is 0 Å². The fourth-order valence-electron chi connectivity index (χ4n) is 1.88. The molecule has 0 aliphatic carbocycles. The molecule has 4 heteroatoms. The number of hydrogen-bond donors (Lipinski definition) is 1. The third kappa shape index (κ3) is 2.54. The van der Waals surface area contributed by atoms with Crippen LogP contribution in [0.5, 0.6) is 0 Å². The maximum atomic E-state index is 11.4. The molecule has 86 valence electrons. The first-order valence-electron chi connectivity index (χ1n) is 5.44. The van der Waals surface area contributed by atoms with E-state index in [0.29, 0.717) is 5.02 Å². The standard InChI is InChI=1S/C12H15ClN2O/c13-10-4-2-9(3-5-10)11(12(14)16)8-15-6-1-7-15/h2-5,11H,1,6-8H2,(H2,14,16)/t11-/m1/s1. The molecule has 1 aliphatic rings. The molecule has 0 bridgehead atoms. The summed E-state index contributed by atoms with van der Waals surface area (Å²) < 4.78 is 0. The maximum Gasteiger partial charge on any atom is 0.226 e. The van der Waals surface area contributed by atoms with E-state index in [1.165, 1.54) is 6.42 Å². The molecule has 1 atom stereocenters. The lowest BCUT2D eigenvalue weighted by Gasteiger charge is -2.33. The third-order valence-electron chi connectivity index (χ3n) is 3.01. The normalized spacial score (nSPS) is 17.8. The minimum Gasteiger partial charge on any atom is -0.369 e. The molecule has 0 radical (unpaired) electrons.